The fraction of sp³-hybridized carbons (Fsp3) is 0.375. The Hall–Kier alpha value is -1.25. The maximum absolute atomic E-state index is 10.2. The first-order chi connectivity index (χ1) is 5.20. The van der Waals surface area contributed by atoms with Gasteiger partial charge in [0, 0.05) is 18.4 Å². The summed E-state index contributed by atoms with van der Waals surface area (Å²) in [7, 11) is 0. The summed E-state index contributed by atoms with van der Waals surface area (Å²) in [6, 6.07) is 0. The normalized spacial score (nSPS) is 12.0. The molecule has 0 aliphatic rings. The Morgan fingerprint density at radius 2 is 2.27 bits per heavy atom. The van der Waals surface area contributed by atoms with Crippen LogP contribution in [0.1, 0.15) is 13.8 Å². The van der Waals surface area contributed by atoms with Gasteiger partial charge in [-0.1, -0.05) is 0 Å². The van der Waals surface area contributed by atoms with E-state index in [1.165, 1.54) is 4.90 Å². The van der Waals surface area contributed by atoms with Crippen LogP contribution in [0.15, 0.2) is 24.0 Å². The van der Waals surface area contributed by atoms with Crippen molar-refractivity contribution in [2.75, 3.05) is 6.54 Å². The lowest BCUT2D eigenvalue weighted by Crippen LogP contribution is -2.12. The van der Waals surface area contributed by atoms with Crippen LogP contribution in [0.25, 0.3) is 0 Å². The van der Waals surface area contributed by atoms with Crippen LogP contribution in [0, 0.1) is 0 Å². The van der Waals surface area contributed by atoms with E-state index in [1.807, 2.05) is 6.92 Å². The number of allylic oxidation sites excluding steroid dienone is 3. The fourth-order valence-electron chi connectivity index (χ4n) is 0.520. The highest BCUT2D eigenvalue weighted by molar-refractivity contribution is 5.48. The van der Waals surface area contributed by atoms with E-state index < -0.39 is 0 Å². The largest absolute Gasteiger partial charge is 0.402 e. The van der Waals surface area contributed by atoms with Crippen molar-refractivity contribution >= 4 is 6.41 Å². The molecule has 0 aromatic rings. The zero-order valence-electron chi connectivity index (χ0n) is 6.95. The van der Waals surface area contributed by atoms with Crippen molar-refractivity contribution < 1.29 is 4.79 Å². The number of nitrogens with zero attached hydrogens (tertiary/aromatic N) is 1. The zero-order valence-corrected chi connectivity index (χ0v) is 6.95. The second-order valence-corrected chi connectivity index (χ2v) is 2.19. The summed E-state index contributed by atoms with van der Waals surface area (Å²) in [6.45, 7) is 4.37. The first-order valence-electron chi connectivity index (χ1n) is 3.52. The molecule has 0 spiro atoms. The third kappa shape index (κ3) is 5.21. The summed E-state index contributed by atoms with van der Waals surface area (Å²) >= 11 is 0. The average molecular weight is 154 g/mol. The highest BCUT2D eigenvalue weighted by Gasteiger charge is 1.86. The van der Waals surface area contributed by atoms with Gasteiger partial charge in [0.15, 0.2) is 0 Å². The van der Waals surface area contributed by atoms with Crippen molar-refractivity contribution in [2.45, 2.75) is 13.8 Å². The third-order valence-electron chi connectivity index (χ3n) is 1.14. The summed E-state index contributed by atoms with van der Waals surface area (Å²) in [6.07, 6.45) is 5.94. The Morgan fingerprint density at radius 1 is 1.64 bits per heavy atom. The molecule has 0 rings (SSSR count). The molecular formula is C8H14N2O. The second kappa shape index (κ2) is 5.53. The number of carbonyl (C=O) groups is 1. The lowest BCUT2D eigenvalue weighted by molar-refractivity contribution is -0.115. The molecule has 3 nitrogen and oxygen atoms in total. The van der Waals surface area contributed by atoms with Crippen LogP contribution in [-0.4, -0.2) is 17.9 Å². The van der Waals surface area contributed by atoms with E-state index in [9.17, 15) is 4.79 Å². The first kappa shape index (κ1) is 9.75. The Kier molecular flexibility index (Phi) is 4.90. The molecule has 0 radical (unpaired) electrons. The lowest BCUT2D eigenvalue weighted by atomic mass is 10.4. The maximum atomic E-state index is 10.2. The fourth-order valence-corrected chi connectivity index (χ4v) is 0.520. The summed E-state index contributed by atoms with van der Waals surface area (Å²) in [4.78, 5) is 11.8. The molecule has 3 heteroatoms. The van der Waals surface area contributed by atoms with Crippen LogP contribution in [-0.2, 0) is 4.79 Å². The molecular weight excluding hydrogens is 140 g/mol. The van der Waals surface area contributed by atoms with Crippen LogP contribution in [0.5, 0.6) is 0 Å². The Balaban J connectivity index is 3.89. The van der Waals surface area contributed by atoms with Crippen molar-refractivity contribution in [3.05, 3.63) is 24.0 Å². The minimum atomic E-state index is 0.678. The monoisotopic (exact) mass is 154 g/mol. The van der Waals surface area contributed by atoms with Gasteiger partial charge in [0.05, 0.1) is 0 Å². The van der Waals surface area contributed by atoms with Gasteiger partial charge in [0.2, 0.25) is 6.41 Å². The number of amides is 1. The molecule has 11 heavy (non-hydrogen) atoms. The molecule has 1 amide bonds. The number of nitrogens with two attached hydrogens (primary N) is 1. The van der Waals surface area contributed by atoms with E-state index in [-0.39, 0.29) is 0 Å². The molecule has 0 aliphatic heterocycles. The summed E-state index contributed by atoms with van der Waals surface area (Å²) < 4.78 is 0. The Labute approximate surface area is 67.2 Å². The van der Waals surface area contributed by atoms with E-state index in [1.54, 1.807) is 25.3 Å². The maximum Gasteiger partial charge on any atom is 0.213 e. The Bertz CT molecular complexity index is 169. The van der Waals surface area contributed by atoms with Gasteiger partial charge in [-0.2, -0.15) is 0 Å². The van der Waals surface area contributed by atoms with E-state index in [2.05, 4.69) is 0 Å². The van der Waals surface area contributed by atoms with E-state index in [4.69, 9.17) is 5.73 Å². The minimum Gasteiger partial charge on any atom is -0.402 e. The van der Waals surface area contributed by atoms with Crippen LogP contribution in [0.3, 0.4) is 0 Å². The SMILES string of the molecule is CCN(C=O)/C=C/C=C(/C)N. The lowest BCUT2D eigenvalue weighted by Gasteiger charge is -2.05. The molecule has 0 atom stereocenters. The van der Waals surface area contributed by atoms with Gasteiger partial charge in [-0.05, 0) is 26.0 Å². The van der Waals surface area contributed by atoms with Crippen LogP contribution in [0.2, 0.25) is 0 Å². The minimum absolute atomic E-state index is 0.678. The molecule has 0 bridgehead atoms. The molecule has 0 aromatic heterocycles. The molecule has 0 aliphatic carbocycles. The van der Waals surface area contributed by atoms with Crippen LogP contribution < -0.4 is 5.73 Å². The molecule has 0 fully saturated rings. The van der Waals surface area contributed by atoms with Crippen molar-refractivity contribution in [3.8, 4) is 0 Å². The molecule has 62 valence electrons. The first-order valence-corrected chi connectivity index (χ1v) is 3.52. The quantitative estimate of drug-likeness (QED) is 0.482. The highest BCUT2D eigenvalue weighted by atomic mass is 16.1. The molecule has 0 unspecified atom stereocenters. The molecule has 0 saturated heterocycles. The van der Waals surface area contributed by atoms with Crippen LogP contribution in [0.4, 0.5) is 0 Å². The number of rotatable bonds is 4. The number of hydrogen-bond acceptors (Lipinski definition) is 2. The van der Waals surface area contributed by atoms with Gasteiger partial charge < -0.3 is 10.6 Å². The second-order valence-electron chi connectivity index (χ2n) is 2.19. The van der Waals surface area contributed by atoms with Gasteiger partial charge in [-0.25, -0.2) is 0 Å². The Morgan fingerprint density at radius 3 is 2.64 bits per heavy atom. The van der Waals surface area contributed by atoms with Gasteiger partial charge in [0.25, 0.3) is 0 Å². The smallest absolute Gasteiger partial charge is 0.213 e. The number of carbonyl (C=O) groups excluding carboxylic acids is 1. The van der Waals surface area contributed by atoms with Gasteiger partial charge in [-0.3, -0.25) is 4.79 Å². The third-order valence-corrected chi connectivity index (χ3v) is 1.14. The molecule has 0 heterocycles. The predicted molar refractivity (Wildman–Crippen MR) is 45.5 cm³/mol. The summed E-state index contributed by atoms with van der Waals surface area (Å²) in [5.41, 5.74) is 6.09. The molecule has 2 N–H and O–H groups in total. The average Bonchev–Trinajstić information content (AvgIpc) is 1.98. The van der Waals surface area contributed by atoms with Crippen molar-refractivity contribution in [2.24, 2.45) is 5.73 Å². The van der Waals surface area contributed by atoms with Crippen molar-refractivity contribution in [1.29, 1.82) is 0 Å². The van der Waals surface area contributed by atoms with Crippen LogP contribution >= 0.6 is 0 Å². The van der Waals surface area contributed by atoms with E-state index in [0.29, 0.717) is 6.54 Å². The van der Waals surface area contributed by atoms with Gasteiger partial charge in [-0.15, -0.1) is 0 Å². The predicted octanol–water partition coefficient (Wildman–Crippen LogP) is 0.841. The standard InChI is InChI=1S/C8H14N2O/c1-3-10(7-11)6-4-5-8(2)9/h4-7H,3,9H2,1-2H3/b6-4+,8-5-. The number of hydrogen-bond donors (Lipinski definition) is 1. The topological polar surface area (TPSA) is 46.3 Å². The zero-order chi connectivity index (χ0) is 8.69. The van der Waals surface area contributed by atoms with E-state index in [0.717, 1.165) is 12.1 Å². The highest BCUT2D eigenvalue weighted by Crippen LogP contribution is 1.86. The molecule has 0 saturated carbocycles. The molecule has 0 aromatic carbocycles. The summed E-state index contributed by atoms with van der Waals surface area (Å²) in [5, 5.41) is 0. The van der Waals surface area contributed by atoms with Gasteiger partial charge in [0.1, 0.15) is 0 Å². The van der Waals surface area contributed by atoms with Gasteiger partial charge >= 0.3 is 0 Å². The van der Waals surface area contributed by atoms with E-state index >= 15 is 0 Å². The summed E-state index contributed by atoms with van der Waals surface area (Å²) in [5.74, 6) is 0. The van der Waals surface area contributed by atoms with Crippen molar-refractivity contribution in [3.63, 3.8) is 0 Å². The van der Waals surface area contributed by atoms with Crippen molar-refractivity contribution in [1.82, 2.24) is 4.90 Å².